The summed E-state index contributed by atoms with van der Waals surface area (Å²) < 4.78 is 44.5. The van der Waals surface area contributed by atoms with Crippen LogP contribution in [0.5, 0.6) is 0 Å². The summed E-state index contributed by atoms with van der Waals surface area (Å²) in [5, 5.41) is 7.49. The van der Waals surface area contributed by atoms with Gasteiger partial charge in [0.1, 0.15) is 11.9 Å². The minimum absolute atomic E-state index is 0.00690. The molecule has 0 aliphatic carbocycles. The van der Waals surface area contributed by atoms with Gasteiger partial charge >= 0.3 is 6.09 Å². The highest BCUT2D eigenvalue weighted by atomic mass is 32.2. The number of benzene rings is 1. The Morgan fingerprint density at radius 3 is 2.82 bits per heavy atom. The van der Waals surface area contributed by atoms with Crippen LogP contribution in [0.1, 0.15) is 12.0 Å². The molecular weight excluding hydrogens is 389 g/mol. The zero-order chi connectivity index (χ0) is 19.9. The van der Waals surface area contributed by atoms with Gasteiger partial charge < -0.3 is 10.5 Å². The van der Waals surface area contributed by atoms with Gasteiger partial charge in [-0.2, -0.15) is 0 Å². The third-order valence-electron chi connectivity index (χ3n) is 4.70. The SMILES string of the molecule is Nc1cn(C[C@H]2CN(c3ccc(C4=CCS(=O)(=O)CC4)c(F)c3)C(=O)O2)nn1. The normalized spacial score (nSPS) is 21.5. The van der Waals surface area contributed by atoms with Gasteiger partial charge in [-0.3, -0.25) is 4.90 Å². The van der Waals surface area contributed by atoms with Gasteiger partial charge in [-0.15, -0.1) is 5.10 Å². The molecule has 2 aromatic rings. The first-order valence-electron chi connectivity index (χ1n) is 8.64. The van der Waals surface area contributed by atoms with Gasteiger partial charge in [-0.1, -0.05) is 11.3 Å². The highest BCUT2D eigenvalue weighted by Gasteiger charge is 2.33. The summed E-state index contributed by atoms with van der Waals surface area (Å²) in [6, 6.07) is 4.45. The number of hydrogen-bond donors (Lipinski definition) is 1. The van der Waals surface area contributed by atoms with Crippen LogP contribution >= 0.6 is 0 Å². The summed E-state index contributed by atoms with van der Waals surface area (Å²) in [6.45, 7) is 0.521. The molecule has 2 aliphatic heterocycles. The maximum Gasteiger partial charge on any atom is 0.414 e. The van der Waals surface area contributed by atoms with Crippen molar-refractivity contribution in [3.05, 3.63) is 41.9 Å². The fourth-order valence-electron chi connectivity index (χ4n) is 3.29. The van der Waals surface area contributed by atoms with Gasteiger partial charge in [0.2, 0.25) is 0 Å². The van der Waals surface area contributed by atoms with Crippen molar-refractivity contribution >= 4 is 33.0 Å². The summed E-state index contributed by atoms with van der Waals surface area (Å²) in [5.74, 6) is -0.323. The summed E-state index contributed by atoms with van der Waals surface area (Å²) in [7, 11) is -3.08. The van der Waals surface area contributed by atoms with Crippen molar-refractivity contribution in [2.24, 2.45) is 0 Å². The van der Waals surface area contributed by atoms with Gasteiger partial charge in [0.25, 0.3) is 0 Å². The zero-order valence-corrected chi connectivity index (χ0v) is 15.6. The van der Waals surface area contributed by atoms with E-state index in [1.165, 1.54) is 21.8 Å². The van der Waals surface area contributed by atoms with Crippen LogP contribution in [-0.2, 0) is 21.1 Å². The molecule has 3 heterocycles. The lowest BCUT2D eigenvalue weighted by Gasteiger charge is -2.17. The van der Waals surface area contributed by atoms with Crippen LogP contribution < -0.4 is 10.6 Å². The monoisotopic (exact) mass is 407 g/mol. The number of carbonyl (C=O) groups is 1. The van der Waals surface area contributed by atoms with Gasteiger partial charge in [-0.05, 0) is 30.2 Å². The third-order valence-corrected chi connectivity index (χ3v) is 6.20. The minimum Gasteiger partial charge on any atom is -0.442 e. The fraction of sp³-hybridized carbons (Fsp3) is 0.353. The zero-order valence-electron chi connectivity index (χ0n) is 14.8. The smallest absolute Gasteiger partial charge is 0.414 e. The first kappa shape index (κ1) is 18.4. The average Bonchev–Trinajstić information content (AvgIpc) is 3.21. The van der Waals surface area contributed by atoms with Crippen molar-refractivity contribution < 1.29 is 22.3 Å². The highest BCUT2D eigenvalue weighted by molar-refractivity contribution is 7.91. The number of cyclic esters (lactones) is 1. The van der Waals surface area contributed by atoms with Gasteiger partial charge in [0, 0.05) is 5.56 Å². The molecule has 0 bridgehead atoms. The number of amides is 1. The van der Waals surface area contributed by atoms with Crippen molar-refractivity contribution in [3.8, 4) is 0 Å². The molecule has 1 fully saturated rings. The first-order chi connectivity index (χ1) is 13.3. The van der Waals surface area contributed by atoms with Gasteiger partial charge in [0.15, 0.2) is 15.7 Å². The van der Waals surface area contributed by atoms with Crippen molar-refractivity contribution in [1.29, 1.82) is 0 Å². The molecule has 0 unspecified atom stereocenters. The van der Waals surface area contributed by atoms with Crippen molar-refractivity contribution in [1.82, 2.24) is 15.0 Å². The van der Waals surface area contributed by atoms with E-state index in [-0.39, 0.29) is 36.8 Å². The molecule has 0 radical (unpaired) electrons. The Labute approximate surface area is 160 Å². The molecule has 2 aliphatic rings. The number of halogens is 1. The number of sulfone groups is 1. The molecule has 1 aromatic heterocycles. The lowest BCUT2D eigenvalue weighted by atomic mass is 10.0. The molecular formula is C17H18FN5O4S. The molecule has 1 atom stereocenters. The Bertz CT molecular complexity index is 1070. The largest absolute Gasteiger partial charge is 0.442 e. The number of rotatable bonds is 4. The Morgan fingerprint density at radius 2 is 2.18 bits per heavy atom. The standard InChI is InChI=1S/C17H18FN5O4S/c18-15-7-12(1-2-14(15)11-3-5-28(25,26)6-4-11)23-9-13(27-17(23)24)8-22-10-16(19)20-21-22/h1-3,7,10,13H,4-6,8-9,19H2/t13-/m0/s1. The number of carbonyl (C=O) groups excluding carboxylic acids is 1. The van der Waals surface area contributed by atoms with Gasteiger partial charge in [-0.25, -0.2) is 22.3 Å². The topological polar surface area (TPSA) is 120 Å². The van der Waals surface area contributed by atoms with Crippen LogP contribution in [0.15, 0.2) is 30.5 Å². The lowest BCUT2D eigenvalue weighted by molar-refractivity contribution is 0.129. The van der Waals surface area contributed by atoms with E-state index in [0.717, 1.165) is 0 Å². The summed E-state index contributed by atoms with van der Waals surface area (Å²) in [4.78, 5) is 13.5. The average molecular weight is 407 g/mol. The maximum atomic E-state index is 14.6. The van der Waals surface area contributed by atoms with Crippen LogP contribution in [-0.4, -0.2) is 53.7 Å². The second-order valence-electron chi connectivity index (χ2n) is 6.74. The number of nitrogens with zero attached hydrogens (tertiary/aromatic N) is 4. The molecule has 0 saturated carbocycles. The van der Waals surface area contributed by atoms with Crippen LogP contribution in [0.4, 0.5) is 20.7 Å². The number of aromatic nitrogens is 3. The molecule has 148 valence electrons. The summed E-state index contributed by atoms with van der Waals surface area (Å²) >= 11 is 0. The van der Waals surface area contributed by atoms with Crippen molar-refractivity contribution in [2.45, 2.75) is 19.1 Å². The predicted octanol–water partition coefficient (Wildman–Crippen LogP) is 1.23. The number of hydrogen-bond acceptors (Lipinski definition) is 7. The van der Waals surface area contributed by atoms with E-state index < -0.39 is 27.9 Å². The first-order valence-corrected chi connectivity index (χ1v) is 10.5. The lowest BCUT2D eigenvalue weighted by Crippen LogP contribution is -2.26. The van der Waals surface area contributed by atoms with Crippen molar-refractivity contribution in [3.63, 3.8) is 0 Å². The van der Waals surface area contributed by atoms with Crippen LogP contribution in [0.2, 0.25) is 0 Å². The Hall–Kier alpha value is -2.95. The molecule has 1 amide bonds. The Morgan fingerprint density at radius 1 is 1.36 bits per heavy atom. The van der Waals surface area contributed by atoms with E-state index in [1.54, 1.807) is 18.2 Å². The maximum absolute atomic E-state index is 14.6. The number of allylic oxidation sites excluding steroid dienone is 1. The molecule has 1 aromatic carbocycles. The predicted molar refractivity (Wildman–Crippen MR) is 99.7 cm³/mol. The number of nitrogen functional groups attached to an aromatic ring is 1. The molecule has 28 heavy (non-hydrogen) atoms. The number of ether oxygens (including phenoxy) is 1. The number of anilines is 2. The van der Waals surface area contributed by atoms with E-state index in [2.05, 4.69) is 10.3 Å². The van der Waals surface area contributed by atoms with E-state index in [0.29, 0.717) is 16.8 Å². The Kier molecular flexibility index (Phi) is 4.53. The molecule has 1 saturated heterocycles. The minimum atomic E-state index is -3.08. The van der Waals surface area contributed by atoms with E-state index in [1.807, 2.05) is 0 Å². The van der Waals surface area contributed by atoms with Crippen LogP contribution in [0.3, 0.4) is 0 Å². The van der Waals surface area contributed by atoms with Crippen LogP contribution in [0, 0.1) is 5.82 Å². The quantitative estimate of drug-likeness (QED) is 0.809. The van der Waals surface area contributed by atoms with E-state index in [4.69, 9.17) is 10.5 Å². The van der Waals surface area contributed by atoms with Gasteiger partial charge in [0.05, 0.1) is 36.5 Å². The molecule has 4 rings (SSSR count). The number of nitrogens with two attached hydrogens (primary N) is 1. The fourth-order valence-corrected chi connectivity index (χ4v) is 4.45. The van der Waals surface area contributed by atoms with E-state index in [9.17, 15) is 17.6 Å². The molecule has 2 N–H and O–H groups in total. The Balaban J connectivity index is 1.49. The van der Waals surface area contributed by atoms with E-state index >= 15 is 0 Å². The second kappa shape index (κ2) is 6.89. The highest BCUT2D eigenvalue weighted by Crippen LogP contribution is 2.30. The second-order valence-corrected chi connectivity index (χ2v) is 8.97. The molecule has 9 nitrogen and oxygen atoms in total. The summed E-state index contributed by atoms with van der Waals surface area (Å²) in [6.07, 6.45) is 2.30. The third kappa shape index (κ3) is 3.70. The molecule has 0 spiro atoms. The van der Waals surface area contributed by atoms with Crippen molar-refractivity contribution in [2.75, 3.05) is 28.7 Å². The summed E-state index contributed by atoms with van der Waals surface area (Å²) in [5.41, 5.74) is 6.89. The molecule has 11 heteroatoms. The van der Waals surface area contributed by atoms with Crippen LogP contribution in [0.25, 0.3) is 5.57 Å².